The number of carbonyl (C=O) groups excluding carboxylic acids is 1. The number of benzene rings is 2. The number of amides is 1. The highest BCUT2D eigenvalue weighted by atomic mass is 35.5. The van der Waals surface area contributed by atoms with E-state index in [2.05, 4.69) is 25.1 Å². The molecule has 1 N–H and O–H groups in total. The zero-order valence-electron chi connectivity index (χ0n) is 21.6. The van der Waals surface area contributed by atoms with Gasteiger partial charge in [0.15, 0.2) is 0 Å². The van der Waals surface area contributed by atoms with Crippen LogP contribution in [0.2, 0.25) is 5.02 Å². The summed E-state index contributed by atoms with van der Waals surface area (Å²) in [5, 5.41) is 2.72. The van der Waals surface area contributed by atoms with Gasteiger partial charge in [-0.2, -0.15) is 26.3 Å². The van der Waals surface area contributed by atoms with Gasteiger partial charge in [-0.05, 0) is 36.9 Å². The number of rotatable bonds is 6. The van der Waals surface area contributed by atoms with Gasteiger partial charge in [0.05, 0.1) is 23.4 Å². The molecule has 0 unspecified atom stereocenters. The van der Waals surface area contributed by atoms with Gasteiger partial charge in [-0.15, -0.1) is 0 Å². The van der Waals surface area contributed by atoms with Gasteiger partial charge in [0.2, 0.25) is 0 Å². The van der Waals surface area contributed by atoms with Crippen molar-refractivity contribution in [2.24, 2.45) is 0 Å². The second-order valence-electron chi connectivity index (χ2n) is 9.54. The molecule has 6 nitrogen and oxygen atoms in total. The molecule has 1 amide bonds. The lowest BCUT2D eigenvalue weighted by Crippen LogP contribution is -2.44. The third kappa shape index (κ3) is 6.91. The normalized spacial score (nSPS) is 15.3. The van der Waals surface area contributed by atoms with Crippen LogP contribution in [0.25, 0.3) is 11.1 Å². The summed E-state index contributed by atoms with van der Waals surface area (Å²) in [6.45, 7) is 3.21. The molecule has 3 aromatic rings. The summed E-state index contributed by atoms with van der Waals surface area (Å²) in [5.74, 6) is -0.379. The fourth-order valence-corrected chi connectivity index (χ4v) is 4.74. The fourth-order valence-electron chi connectivity index (χ4n) is 4.51. The Hall–Kier alpha value is -3.22. The largest absolute Gasteiger partial charge is 0.416 e. The second kappa shape index (κ2) is 11.7. The first-order valence-corrected chi connectivity index (χ1v) is 12.7. The van der Waals surface area contributed by atoms with E-state index in [1.54, 1.807) is 24.3 Å². The minimum Gasteiger partial charge on any atom is -0.354 e. The summed E-state index contributed by atoms with van der Waals surface area (Å²) >= 11 is 6.44. The molecule has 1 aliphatic rings. The molecular weight excluding hydrogens is 560 g/mol. The van der Waals surface area contributed by atoms with Gasteiger partial charge in [0.1, 0.15) is 11.5 Å². The highest BCUT2D eigenvalue weighted by Crippen LogP contribution is 2.38. The molecule has 0 atom stereocenters. The van der Waals surface area contributed by atoms with Gasteiger partial charge in [-0.1, -0.05) is 29.8 Å². The molecule has 0 bridgehead atoms. The van der Waals surface area contributed by atoms with Gasteiger partial charge < -0.3 is 10.2 Å². The molecule has 1 aromatic heterocycles. The van der Waals surface area contributed by atoms with Crippen LogP contribution in [0.4, 0.5) is 26.3 Å². The molecule has 1 aliphatic heterocycles. The van der Waals surface area contributed by atoms with E-state index in [4.69, 9.17) is 11.6 Å². The zero-order valence-corrected chi connectivity index (χ0v) is 22.4. The van der Waals surface area contributed by atoms with Crippen molar-refractivity contribution in [1.82, 2.24) is 25.1 Å². The lowest BCUT2D eigenvalue weighted by Gasteiger charge is -2.32. The maximum absolute atomic E-state index is 13.6. The highest BCUT2D eigenvalue weighted by molar-refractivity contribution is 6.33. The van der Waals surface area contributed by atoms with E-state index < -0.39 is 35.8 Å². The smallest absolute Gasteiger partial charge is 0.354 e. The van der Waals surface area contributed by atoms with Crippen molar-refractivity contribution >= 4 is 17.5 Å². The number of likely N-dealkylation sites (N-methyl/N-ethyl adjacent to an activating group) is 1. The quantitative estimate of drug-likeness (QED) is 0.386. The molecule has 2 aromatic carbocycles. The Bertz CT molecular complexity index is 1350. The molecule has 214 valence electrons. The van der Waals surface area contributed by atoms with Crippen LogP contribution < -0.4 is 5.32 Å². The van der Waals surface area contributed by atoms with E-state index in [-0.39, 0.29) is 46.0 Å². The van der Waals surface area contributed by atoms with Gasteiger partial charge in [0, 0.05) is 55.8 Å². The molecule has 2 heterocycles. The van der Waals surface area contributed by atoms with Crippen molar-refractivity contribution in [3.05, 3.63) is 81.4 Å². The van der Waals surface area contributed by atoms with Crippen LogP contribution >= 0.6 is 11.6 Å². The third-order valence-corrected chi connectivity index (χ3v) is 6.93. The molecule has 1 fully saturated rings. The number of aromatic nitrogens is 2. The first kappa shape index (κ1) is 29.8. The van der Waals surface area contributed by atoms with Crippen molar-refractivity contribution < 1.29 is 31.1 Å². The number of carbonyl (C=O) groups is 1. The molecule has 0 radical (unpaired) electrons. The summed E-state index contributed by atoms with van der Waals surface area (Å²) in [7, 11) is 3.38. The number of alkyl halides is 6. The maximum Gasteiger partial charge on any atom is 0.416 e. The topological polar surface area (TPSA) is 61.4 Å². The van der Waals surface area contributed by atoms with Crippen LogP contribution in [0.15, 0.2) is 42.5 Å². The highest BCUT2D eigenvalue weighted by Gasteiger charge is 2.37. The maximum atomic E-state index is 13.6. The SMILES string of the molecule is CNC(=O)c1nc(CN2CCN(C)CC2)nc(Cc2cc(C(F)(F)F)cc(C(F)(F)F)c2)c1-c1ccccc1Cl. The number of piperazine rings is 1. The van der Waals surface area contributed by atoms with Crippen molar-refractivity contribution in [2.45, 2.75) is 25.3 Å². The number of hydrogen-bond donors (Lipinski definition) is 1. The van der Waals surface area contributed by atoms with Crippen LogP contribution in [0.5, 0.6) is 0 Å². The van der Waals surface area contributed by atoms with Crippen LogP contribution in [0, 0.1) is 0 Å². The van der Waals surface area contributed by atoms with Gasteiger partial charge in [-0.25, -0.2) is 9.97 Å². The van der Waals surface area contributed by atoms with Crippen LogP contribution in [0.3, 0.4) is 0 Å². The fraction of sp³-hybridized carbons (Fsp3) is 0.370. The van der Waals surface area contributed by atoms with E-state index in [0.717, 1.165) is 13.1 Å². The summed E-state index contributed by atoms with van der Waals surface area (Å²) in [4.78, 5) is 26.3. The van der Waals surface area contributed by atoms with Crippen LogP contribution in [-0.4, -0.2) is 65.9 Å². The van der Waals surface area contributed by atoms with Gasteiger partial charge in [-0.3, -0.25) is 9.69 Å². The minimum absolute atomic E-state index is 0.0762. The summed E-state index contributed by atoms with van der Waals surface area (Å²) in [6.07, 6.45) is -10.4. The Morgan fingerprint density at radius 1 is 0.950 bits per heavy atom. The molecule has 0 spiro atoms. The predicted octanol–water partition coefficient (Wildman–Crippen LogP) is 5.53. The Morgan fingerprint density at radius 3 is 2.10 bits per heavy atom. The van der Waals surface area contributed by atoms with Gasteiger partial charge in [0.25, 0.3) is 5.91 Å². The standard InChI is InChI=1S/C27H26ClF6N5O/c1-35-25(40)24-23(19-5-3-4-6-20(19)28)21(36-22(37-24)15-39-9-7-38(2)8-10-39)13-16-11-17(26(29,30)31)14-18(12-16)27(32,33)34/h3-6,11-12,14H,7-10,13,15H2,1-2H3,(H,35,40). The Labute approximate surface area is 232 Å². The summed E-state index contributed by atoms with van der Waals surface area (Å²) in [5.41, 5.74) is -2.68. The van der Waals surface area contributed by atoms with Crippen molar-refractivity contribution in [3.63, 3.8) is 0 Å². The van der Waals surface area contributed by atoms with E-state index in [0.29, 0.717) is 30.8 Å². The van der Waals surface area contributed by atoms with Crippen LogP contribution in [-0.2, 0) is 25.3 Å². The molecule has 0 saturated carbocycles. The van der Waals surface area contributed by atoms with E-state index in [1.807, 2.05) is 7.05 Å². The molecular formula is C27H26ClF6N5O. The molecule has 0 aliphatic carbocycles. The average molecular weight is 586 g/mol. The third-order valence-electron chi connectivity index (χ3n) is 6.60. The number of nitrogens with zero attached hydrogens (tertiary/aromatic N) is 4. The average Bonchev–Trinajstić information content (AvgIpc) is 2.89. The van der Waals surface area contributed by atoms with Crippen LogP contribution in [0.1, 0.15) is 38.7 Å². The zero-order chi connectivity index (χ0) is 29.2. The van der Waals surface area contributed by atoms with E-state index in [1.165, 1.54) is 7.05 Å². The summed E-state index contributed by atoms with van der Waals surface area (Å²) in [6, 6.07) is 7.83. The first-order chi connectivity index (χ1) is 18.8. The molecule has 4 rings (SSSR count). The van der Waals surface area contributed by atoms with E-state index >= 15 is 0 Å². The number of halogens is 7. The number of hydrogen-bond acceptors (Lipinski definition) is 5. The summed E-state index contributed by atoms with van der Waals surface area (Å²) < 4.78 is 81.4. The Morgan fingerprint density at radius 2 is 1.55 bits per heavy atom. The molecule has 13 heteroatoms. The molecule has 1 saturated heterocycles. The van der Waals surface area contributed by atoms with Gasteiger partial charge >= 0.3 is 12.4 Å². The van der Waals surface area contributed by atoms with Crippen molar-refractivity contribution in [3.8, 4) is 11.1 Å². The van der Waals surface area contributed by atoms with Crippen molar-refractivity contribution in [1.29, 1.82) is 0 Å². The molecule has 40 heavy (non-hydrogen) atoms. The second-order valence-corrected chi connectivity index (χ2v) is 9.95. The van der Waals surface area contributed by atoms with E-state index in [9.17, 15) is 31.1 Å². The first-order valence-electron chi connectivity index (χ1n) is 12.3. The lowest BCUT2D eigenvalue weighted by molar-refractivity contribution is -0.143. The number of nitrogens with one attached hydrogen (secondary N) is 1. The Balaban J connectivity index is 1.91. The van der Waals surface area contributed by atoms with Crippen molar-refractivity contribution in [2.75, 3.05) is 40.3 Å². The minimum atomic E-state index is -5.01. The lowest BCUT2D eigenvalue weighted by atomic mass is 9.95. The predicted molar refractivity (Wildman–Crippen MR) is 138 cm³/mol. The monoisotopic (exact) mass is 585 g/mol. The Kier molecular flexibility index (Phi) is 8.72.